The molecule has 4 heteroatoms. The first-order chi connectivity index (χ1) is 13.9. The van der Waals surface area contributed by atoms with Crippen molar-refractivity contribution in [3.63, 3.8) is 0 Å². The van der Waals surface area contributed by atoms with Crippen LogP contribution in [0.5, 0.6) is 0 Å². The van der Waals surface area contributed by atoms with E-state index in [1.165, 1.54) is 0 Å². The van der Waals surface area contributed by atoms with Crippen molar-refractivity contribution in [1.29, 1.82) is 0 Å². The van der Waals surface area contributed by atoms with E-state index in [0.29, 0.717) is 0 Å². The Bertz CT molecular complexity index is 1180. The Kier molecular flexibility index (Phi) is 5.17. The third-order valence-corrected chi connectivity index (χ3v) is 6.47. The standard InChI is InChI=1S/C25H23N2OP/c1-18-23(19-10-6-4-7-11-19)27-25(24(26-18)20-12-8-5-9-13-20)21-14-16-22(17-15-21)29(2,3)28/h4-17H,1-3H3. The molecule has 0 saturated carbocycles. The van der Waals surface area contributed by atoms with Crippen molar-refractivity contribution in [1.82, 2.24) is 9.97 Å². The first-order valence-corrected chi connectivity index (χ1v) is 12.2. The van der Waals surface area contributed by atoms with E-state index < -0.39 is 7.14 Å². The molecule has 3 nitrogen and oxygen atoms in total. The van der Waals surface area contributed by atoms with Gasteiger partial charge in [-0.3, -0.25) is 0 Å². The van der Waals surface area contributed by atoms with Gasteiger partial charge in [-0.1, -0.05) is 84.9 Å². The molecular formula is C25H23N2OP. The lowest BCUT2D eigenvalue weighted by atomic mass is 10.0. The lowest BCUT2D eigenvalue weighted by molar-refractivity contribution is 0.588. The summed E-state index contributed by atoms with van der Waals surface area (Å²) in [5, 5.41) is 0.867. The van der Waals surface area contributed by atoms with Crippen LogP contribution in [0, 0.1) is 6.92 Å². The van der Waals surface area contributed by atoms with Crippen LogP contribution in [0.2, 0.25) is 0 Å². The summed E-state index contributed by atoms with van der Waals surface area (Å²) >= 11 is 0. The zero-order valence-corrected chi connectivity index (χ0v) is 17.7. The molecule has 1 aromatic heterocycles. The molecule has 3 aromatic carbocycles. The van der Waals surface area contributed by atoms with E-state index in [4.69, 9.17) is 9.97 Å². The van der Waals surface area contributed by atoms with Crippen molar-refractivity contribution in [3.05, 3.63) is 90.6 Å². The third kappa shape index (κ3) is 4.06. The summed E-state index contributed by atoms with van der Waals surface area (Å²) < 4.78 is 12.4. The summed E-state index contributed by atoms with van der Waals surface area (Å²) in [7, 11) is -2.30. The fourth-order valence-corrected chi connectivity index (χ4v) is 4.23. The maximum atomic E-state index is 12.4. The smallest absolute Gasteiger partial charge is 0.109 e. The Hall–Kier alpha value is -3.03. The summed E-state index contributed by atoms with van der Waals surface area (Å²) in [5.74, 6) is 0. The summed E-state index contributed by atoms with van der Waals surface area (Å²) in [6.07, 6.45) is 0. The van der Waals surface area contributed by atoms with Gasteiger partial charge >= 0.3 is 0 Å². The Morgan fingerprint density at radius 3 is 1.55 bits per heavy atom. The van der Waals surface area contributed by atoms with Crippen molar-refractivity contribution in [2.45, 2.75) is 6.92 Å². The molecule has 0 radical (unpaired) electrons. The molecule has 0 amide bonds. The highest BCUT2D eigenvalue weighted by Gasteiger charge is 2.17. The number of rotatable bonds is 4. The zero-order chi connectivity index (χ0) is 20.4. The first kappa shape index (κ1) is 19.3. The maximum absolute atomic E-state index is 12.4. The number of nitrogens with zero attached hydrogens (tertiary/aromatic N) is 2. The van der Waals surface area contributed by atoms with Crippen LogP contribution < -0.4 is 5.30 Å². The number of hydrogen-bond donors (Lipinski definition) is 0. The molecule has 4 rings (SSSR count). The van der Waals surface area contributed by atoms with E-state index in [2.05, 4.69) is 24.3 Å². The van der Waals surface area contributed by atoms with Crippen LogP contribution in [0.4, 0.5) is 0 Å². The molecule has 0 aliphatic rings. The molecule has 29 heavy (non-hydrogen) atoms. The summed E-state index contributed by atoms with van der Waals surface area (Å²) in [4.78, 5) is 10.00. The second kappa shape index (κ2) is 7.77. The Labute approximate surface area is 171 Å². The topological polar surface area (TPSA) is 42.9 Å². The SMILES string of the molecule is Cc1nc(-c2ccccc2)c(-c2ccc(P(C)(C)=O)cc2)nc1-c1ccccc1. The second-order valence-corrected chi connectivity index (χ2v) is 10.7. The van der Waals surface area contributed by atoms with E-state index in [0.717, 1.165) is 44.8 Å². The molecule has 0 atom stereocenters. The Morgan fingerprint density at radius 2 is 1.03 bits per heavy atom. The normalized spacial score (nSPS) is 11.4. The monoisotopic (exact) mass is 398 g/mol. The largest absolute Gasteiger partial charge is 0.319 e. The van der Waals surface area contributed by atoms with Gasteiger partial charge in [0.05, 0.1) is 22.8 Å². The van der Waals surface area contributed by atoms with Gasteiger partial charge in [-0.2, -0.15) is 0 Å². The van der Waals surface area contributed by atoms with Crippen LogP contribution in [0.3, 0.4) is 0 Å². The molecule has 0 bridgehead atoms. The fraction of sp³-hybridized carbons (Fsp3) is 0.120. The minimum absolute atomic E-state index is 0.828. The van der Waals surface area contributed by atoms with Crippen LogP contribution in [0.1, 0.15) is 5.69 Å². The van der Waals surface area contributed by atoms with Crippen molar-refractivity contribution in [2.75, 3.05) is 13.3 Å². The summed E-state index contributed by atoms with van der Waals surface area (Å²) in [5.41, 5.74) is 6.48. The van der Waals surface area contributed by atoms with Crippen molar-refractivity contribution in [3.8, 4) is 33.8 Å². The number of hydrogen-bond acceptors (Lipinski definition) is 3. The average molecular weight is 398 g/mol. The van der Waals surface area contributed by atoms with E-state index in [9.17, 15) is 4.57 Å². The van der Waals surface area contributed by atoms with Gasteiger partial charge in [0.15, 0.2) is 0 Å². The minimum Gasteiger partial charge on any atom is -0.319 e. The maximum Gasteiger partial charge on any atom is 0.109 e. The highest BCUT2D eigenvalue weighted by Crippen LogP contribution is 2.36. The summed E-state index contributed by atoms with van der Waals surface area (Å²) in [6.45, 7) is 5.58. The van der Waals surface area contributed by atoms with Gasteiger partial charge in [0.25, 0.3) is 0 Å². The predicted octanol–water partition coefficient (Wildman–Crippen LogP) is 6.03. The lowest BCUT2D eigenvalue weighted by Crippen LogP contribution is -2.03. The van der Waals surface area contributed by atoms with Crippen LogP contribution in [-0.2, 0) is 4.57 Å². The van der Waals surface area contributed by atoms with E-state index in [1.54, 1.807) is 13.3 Å². The van der Waals surface area contributed by atoms with Gasteiger partial charge < -0.3 is 4.57 Å². The van der Waals surface area contributed by atoms with E-state index in [-0.39, 0.29) is 0 Å². The highest BCUT2D eigenvalue weighted by atomic mass is 31.2. The minimum atomic E-state index is -2.30. The molecule has 0 saturated heterocycles. The Morgan fingerprint density at radius 1 is 0.586 bits per heavy atom. The van der Waals surface area contributed by atoms with Crippen LogP contribution in [-0.4, -0.2) is 23.3 Å². The van der Waals surface area contributed by atoms with Crippen molar-refractivity contribution < 1.29 is 4.57 Å². The molecular weight excluding hydrogens is 375 g/mol. The molecule has 0 fully saturated rings. The molecule has 4 aromatic rings. The molecule has 0 N–H and O–H groups in total. The van der Waals surface area contributed by atoms with Gasteiger partial charge in [0.1, 0.15) is 7.14 Å². The van der Waals surface area contributed by atoms with Gasteiger partial charge in [-0.05, 0) is 20.3 Å². The molecule has 1 heterocycles. The van der Waals surface area contributed by atoms with Gasteiger partial charge in [-0.25, -0.2) is 9.97 Å². The fourth-order valence-electron chi connectivity index (χ4n) is 3.37. The zero-order valence-electron chi connectivity index (χ0n) is 16.8. The highest BCUT2D eigenvalue weighted by molar-refractivity contribution is 7.70. The Balaban J connectivity index is 1.93. The number of aromatic nitrogens is 2. The van der Waals surface area contributed by atoms with E-state index in [1.807, 2.05) is 67.6 Å². The molecule has 144 valence electrons. The molecule has 0 unspecified atom stereocenters. The average Bonchev–Trinajstić information content (AvgIpc) is 2.74. The van der Waals surface area contributed by atoms with Gasteiger partial charge in [0.2, 0.25) is 0 Å². The van der Waals surface area contributed by atoms with Gasteiger partial charge in [-0.15, -0.1) is 0 Å². The second-order valence-electron chi connectivity index (χ2n) is 7.48. The number of aryl methyl sites for hydroxylation is 1. The quantitative estimate of drug-likeness (QED) is 0.394. The van der Waals surface area contributed by atoms with Crippen molar-refractivity contribution in [2.24, 2.45) is 0 Å². The van der Waals surface area contributed by atoms with Crippen LogP contribution in [0.25, 0.3) is 33.8 Å². The molecule has 0 aliphatic carbocycles. The van der Waals surface area contributed by atoms with Gasteiger partial charge in [0, 0.05) is 22.0 Å². The molecule has 0 spiro atoms. The van der Waals surface area contributed by atoms with E-state index >= 15 is 0 Å². The number of benzene rings is 3. The lowest BCUT2D eigenvalue weighted by Gasteiger charge is -2.14. The third-order valence-electron chi connectivity index (χ3n) is 4.93. The first-order valence-electron chi connectivity index (χ1n) is 9.59. The van der Waals surface area contributed by atoms with Crippen molar-refractivity contribution >= 4 is 12.4 Å². The summed E-state index contributed by atoms with van der Waals surface area (Å²) in [6, 6.07) is 28.1. The van der Waals surface area contributed by atoms with Crippen LogP contribution >= 0.6 is 7.14 Å². The predicted molar refractivity (Wildman–Crippen MR) is 122 cm³/mol. The molecule has 0 aliphatic heterocycles. The van der Waals surface area contributed by atoms with Crippen LogP contribution in [0.15, 0.2) is 84.9 Å².